The van der Waals surface area contributed by atoms with Gasteiger partial charge in [-0.3, -0.25) is 9.59 Å². The third kappa shape index (κ3) is 13.0. The highest BCUT2D eigenvalue weighted by molar-refractivity contribution is 8.13. The molecule has 376 valence electrons. The Labute approximate surface area is 418 Å². The fourth-order valence-corrected chi connectivity index (χ4v) is 11.4. The molecule has 70 heavy (non-hydrogen) atoms. The van der Waals surface area contributed by atoms with Gasteiger partial charge in [-0.25, -0.2) is 31.3 Å². The summed E-state index contributed by atoms with van der Waals surface area (Å²) in [7, 11) is -3.63. The SMILES string of the molecule is C[Si](C)(C)CCOCn1nc(S(=O)(=O)Cl)nc1Nc1c2c(cc3c1CCC3)CCC2.Cl.NCc1cccc(=O)[nH]1.O=c1cccc(CNS(=O)(=O)c2nc(Nc3c4c(cc5c3CCC5)CCC4)n[nH]2)[nH]1. The van der Waals surface area contributed by atoms with E-state index in [0.29, 0.717) is 24.8 Å². The number of pyridine rings is 2. The van der Waals surface area contributed by atoms with Crippen LogP contribution in [0.2, 0.25) is 25.7 Å². The molecule has 0 aliphatic heterocycles. The predicted octanol–water partition coefficient (Wildman–Crippen LogP) is 6.19. The number of aromatic nitrogens is 8. The van der Waals surface area contributed by atoms with Gasteiger partial charge in [0.1, 0.15) is 6.73 Å². The molecule has 0 atom stereocenters. The Bertz CT molecular complexity index is 3120. The van der Waals surface area contributed by atoms with Crippen molar-refractivity contribution >= 4 is 73.5 Å². The van der Waals surface area contributed by atoms with Gasteiger partial charge in [0.05, 0.1) is 6.54 Å². The van der Waals surface area contributed by atoms with Crippen LogP contribution < -0.4 is 32.2 Å². The number of H-pyrrole nitrogens is 3. The van der Waals surface area contributed by atoms with Crippen LogP contribution in [0.1, 0.15) is 81.6 Å². The number of fused-ring (bicyclic) bond motifs is 4. The molecule has 0 unspecified atom stereocenters. The number of hydrogen-bond donors (Lipinski definition) is 7. The highest BCUT2D eigenvalue weighted by Crippen LogP contribution is 2.41. The third-order valence-electron chi connectivity index (χ3n) is 12.5. The zero-order valence-corrected chi connectivity index (χ0v) is 43.6. The van der Waals surface area contributed by atoms with Crippen molar-refractivity contribution in [2.45, 2.75) is 133 Å². The number of halogens is 2. The van der Waals surface area contributed by atoms with Crippen LogP contribution >= 0.6 is 23.1 Å². The fourth-order valence-electron chi connectivity index (χ4n) is 9.17. The zero-order valence-electron chi connectivity index (χ0n) is 39.4. The highest BCUT2D eigenvalue weighted by atomic mass is 35.7. The van der Waals surface area contributed by atoms with Crippen molar-refractivity contribution in [3.05, 3.63) is 125 Å². The van der Waals surface area contributed by atoms with E-state index in [-0.39, 0.29) is 47.9 Å². The van der Waals surface area contributed by atoms with Crippen LogP contribution in [-0.2, 0) is 95.0 Å². The minimum absolute atomic E-state index is 0. The Kier molecular flexibility index (Phi) is 16.9. The first-order valence-corrected chi connectivity index (χ1v) is 30.8. The van der Waals surface area contributed by atoms with Gasteiger partial charge >= 0.3 is 0 Å². The molecule has 0 spiro atoms. The van der Waals surface area contributed by atoms with E-state index < -0.39 is 32.3 Å². The van der Waals surface area contributed by atoms with Gasteiger partial charge in [0.2, 0.25) is 23.0 Å². The molecule has 24 heteroatoms. The number of anilines is 4. The Morgan fingerprint density at radius 3 is 1.74 bits per heavy atom. The van der Waals surface area contributed by atoms with Gasteiger partial charge in [-0.05, 0) is 140 Å². The third-order valence-corrected chi connectivity index (χ3v) is 16.5. The minimum atomic E-state index is -4.03. The molecule has 0 radical (unpaired) electrons. The van der Waals surface area contributed by atoms with E-state index in [4.69, 9.17) is 21.2 Å². The highest BCUT2D eigenvalue weighted by Gasteiger charge is 2.29. The number of nitrogens with two attached hydrogens (primary N) is 1. The van der Waals surface area contributed by atoms with Crippen LogP contribution in [0.15, 0.2) is 68.4 Å². The number of benzene rings is 2. The normalized spacial score (nSPS) is 14.6. The summed E-state index contributed by atoms with van der Waals surface area (Å²) in [6.45, 7) is 7.92. The minimum Gasteiger partial charge on any atom is -0.359 e. The second-order valence-corrected chi connectivity index (χ2v) is 28.6. The van der Waals surface area contributed by atoms with Crippen molar-refractivity contribution in [1.82, 2.24) is 44.6 Å². The summed E-state index contributed by atoms with van der Waals surface area (Å²) < 4.78 is 58.5. The van der Waals surface area contributed by atoms with Crippen LogP contribution in [0.3, 0.4) is 0 Å². The molecule has 4 aromatic heterocycles. The molecule has 0 fully saturated rings. The standard InChI is InChI=1S/C20H29ClN4O3SSi.C20H22N6O3S.C6H8N2O.ClH/c1-30(2,3)11-10-28-13-25-19(23-20(24-25)29(21,26)27)22-18-16-8-4-6-14(16)12-15-7-5-9-17(15)18;27-17-9-3-6-14(22-17)11-21-30(28,29)20-24-19(25-26-20)23-18-15-7-1-4-12(15)10-13-5-2-8-16(13)18;7-4-5-2-1-3-6(9)8-5;/h12H,4-11,13H2,1-3H3,(H,22,23,24);3,6,9-10,21H,1-2,4-5,7-8,11H2,(H,22,27)(H2,23,24,25,26);1-3H,4,7H2,(H,8,9);1H. The lowest BCUT2D eigenvalue weighted by Gasteiger charge is -2.18. The lowest BCUT2D eigenvalue weighted by atomic mass is 9.99. The van der Waals surface area contributed by atoms with Crippen molar-refractivity contribution in [3.8, 4) is 0 Å². The summed E-state index contributed by atoms with van der Waals surface area (Å²) in [6.07, 6.45) is 12.9. The fraction of sp³-hybridized carbons (Fsp3) is 0.435. The summed E-state index contributed by atoms with van der Waals surface area (Å²) in [5.74, 6) is 0.592. The van der Waals surface area contributed by atoms with E-state index in [0.717, 1.165) is 100 Å². The number of aryl methyl sites for hydroxylation is 4. The molecule has 19 nitrogen and oxygen atoms in total. The van der Waals surface area contributed by atoms with E-state index in [1.807, 2.05) is 0 Å². The van der Waals surface area contributed by atoms with Crippen LogP contribution in [0.5, 0.6) is 0 Å². The average Bonchev–Trinajstić information content (AvgIpc) is 4.17. The summed E-state index contributed by atoms with van der Waals surface area (Å²) in [6, 6.07) is 15.2. The van der Waals surface area contributed by atoms with Gasteiger partial charge in [-0.2, -0.15) is 9.97 Å². The van der Waals surface area contributed by atoms with Crippen molar-refractivity contribution in [1.29, 1.82) is 0 Å². The number of nitrogens with zero attached hydrogens (tertiary/aromatic N) is 5. The first-order valence-electron chi connectivity index (χ1n) is 23.3. The quantitative estimate of drug-likeness (QED) is 0.0344. The van der Waals surface area contributed by atoms with Crippen LogP contribution in [0, 0.1) is 0 Å². The first-order chi connectivity index (χ1) is 32.9. The lowest BCUT2D eigenvalue weighted by Crippen LogP contribution is -2.25. The van der Waals surface area contributed by atoms with Crippen LogP contribution in [0.25, 0.3) is 0 Å². The van der Waals surface area contributed by atoms with E-state index in [9.17, 15) is 26.4 Å². The first kappa shape index (κ1) is 52.6. The van der Waals surface area contributed by atoms with Crippen LogP contribution in [0.4, 0.5) is 23.3 Å². The monoisotopic (exact) mass is 1050 g/mol. The van der Waals surface area contributed by atoms with Gasteiger partial charge < -0.3 is 31.1 Å². The van der Waals surface area contributed by atoms with Crippen molar-refractivity contribution in [2.24, 2.45) is 5.73 Å². The Hall–Kier alpha value is -5.20. The second kappa shape index (κ2) is 22.5. The second-order valence-electron chi connectivity index (χ2n) is 18.8. The molecule has 4 heterocycles. The molecular formula is C46H60Cl2N12O7S2Si. The van der Waals surface area contributed by atoms with E-state index in [2.05, 4.69) is 82.4 Å². The largest absolute Gasteiger partial charge is 0.359 e. The van der Waals surface area contributed by atoms with Gasteiger partial charge in [0, 0.05) is 66.8 Å². The van der Waals surface area contributed by atoms with Crippen molar-refractivity contribution in [3.63, 3.8) is 0 Å². The molecule has 0 saturated carbocycles. The predicted molar refractivity (Wildman–Crippen MR) is 274 cm³/mol. The maximum absolute atomic E-state index is 12.6. The van der Waals surface area contributed by atoms with E-state index in [1.54, 1.807) is 24.3 Å². The average molecular weight is 1060 g/mol. The molecule has 4 aliphatic carbocycles. The Morgan fingerprint density at radius 2 is 1.26 bits per heavy atom. The Morgan fingerprint density at radius 1 is 0.743 bits per heavy atom. The molecule has 6 aromatic rings. The maximum Gasteiger partial charge on any atom is 0.298 e. The molecule has 4 aliphatic rings. The van der Waals surface area contributed by atoms with Crippen LogP contribution in [-0.4, -0.2) is 71.4 Å². The topological polar surface area (TPSA) is 278 Å². The molecule has 0 bridgehead atoms. The number of aromatic amines is 3. The molecule has 8 N–H and O–H groups in total. The number of rotatable bonds is 15. The number of ether oxygens (including phenoxy) is 1. The summed E-state index contributed by atoms with van der Waals surface area (Å²) in [4.78, 5) is 35.4. The van der Waals surface area contributed by atoms with E-state index in [1.165, 1.54) is 61.3 Å². The number of sulfonamides is 1. The van der Waals surface area contributed by atoms with Gasteiger partial charge in [-0.15, -0.1) is 22.6 Å². The smallest absolute Gasteiger partial charge is 0.298 e. The molecule has 2 aromatic carbocycles. The molecule has 10 rings (SSSR count). The maximum atomic E-state index is 12.6. The molecule has 0 amide bonds. The van der Waals surface area contributed by atoms with Crippen molar-refractivity contribution in [2.75, 3.05) is 17.2 Å². The lowest BCUT2D eigenvalue weighted by molar-refractivity contribution is 0.0792. The molecular weight excluding hydrogens is 996 g/mol. The zero-order chi connectivity index (χ0) is 48.9. The summed E-state index contributed by atoms with van der Waals surface area (Å²) in [5.41, 5.74) is 19.0. The summed E-state index contributed by atoms with van der Waals surface area (Å²) >= 11 is 0. The van der Waals surface area contributed by atoms with E-state index >= 15 is 0 Å². The Balaban J connectivity index is 0.000000173. The van der Waals surface area contributed by atoms with Gasteiger partial charge in [-0.1, -0.05) is 43.9 Å². The van der Waals surface area contributed by atoms with Gasteiger partial charge in [0.15, 0.2) is 0 Å². The summed E-state index contributed by atoms with van der Waals surface area (Å²) in [5, 5.41) is 16.7. The van der Waals surface area contributed by atoms with Crippen molar-refractivity contribution < 1.29 is 21.6 Å². The number of nitrogens with one attached hydrogen (secondary N) is 6. The van der Waals surface area contributed by atoms with Gasteiger partial charge in [0.25, 0.3) is 29.4 Å². The number of hydrogen-bond acceptors (Lipinski definition) is 14. The molecule has 0 saturated heterocycles.